The fourth-order valence-corrected chi connectivity index (χ4v) is 3.28. The number of para-hydroxylation sites is 1. The molecule has 0 saturated carbocycles. The highest BCUT2D eigenvalue weighted by molar-refractivity contribution is 7.16. The normalized spacial score (nSPS) is 11.1. The van der Waals surface area contributed by atoms with Crippen molar-refractivity contribution in [3.8, 4) is 5.75 Å². The van der Waals surface area contributed by atoms with Crippen molar-refractivity contribution in [2.24, 2.45) is 7.05 Å². The Morgan fingerprint density at radius 1 is 1.25 bits per heavy atom. The van der Waals surface area contributed by atoms with Gasteiger partial charge in [0.1, 0.15) is 5.75 Å². The highest BCUT2D eigenvalue weighted by Gasteiger charge is 2.06. The molecule has 2 aromatic carbocycles. The maximum absolute atomic E-state index is 12.1. The predicted octanol–water partition coefficient (Wildman–Crippen LogP) is 3.26. The van der Waals surface area contributed by atoms with Crippen LogP contribution in [-0.4, -0.2) is 17.6 Å². The second-order valence-corrected chi connectivity index (χ2v) is 6.17. The molecule has 3 rings (SSSR count). The third kappa shape index (κ3) is 3.23. The summed E-state index contributed by atoms with van der Waals surface area (Å²) in [5, 5.41) is 2.80. The number of hydrogen-bond acceptors (Lipinski definition) is 4. The Kier molecular flexibility index (Phi) is 4.48. The van der Waals surface area contributed by atoms with Crippen LogP contribution < -0.4 is 14.9 Å². The molecule has 0 atom stereocenters. The average Bonchev–Trinajstić information content (AvgIpc) is 2.87. The molecule has 0 aliphatic heterocycles. The fourth-order valence-electron chi connectivity index (χ4n) is 2.37. The fraction of sp³-hybridized carbons (Fsp3) is 0.111. The van der Waals surface area contributed by atoms with Crippen LogP contribution >= 0.6 is 11.3 Å². The highest BCUT2D eigenvalue weighted by Crippen LogP contribution is 2.22. The van der Waals surface area contributed by atoms with E-state index < -0.39 is 0 Å². The molecule has 0 unspecified atom stereocenters. The first-order chi connectivity index (χ1) is 11.6. The molecular weight excluding hydrogens is 324 g/mol. The number of ether oxygens (including phenoxy) is 1. The van der Waals surface area contributed by atoms with Crippen LogP contribution in [0.3, 0.4) is 0 Å². The first kappa shape index (κ1) is 16.0. The molecule has 6 heteroatoms. The van der Waals surface area contributed by atoms with Crippen LogP contribution in [-0.2, 0) is 11.8 Å². The lowest BCUT2D eigenvalue weighted by Gasteiger charge is -2.04. The molecule has 0 fully saturated rings. The van der Waals surface area contributed by atoms with Crippen LogP contribution in [0, 0.1) is 0 Å². The lowest BCUT2D eigenvalue weighted by Crippen LogP contribution is -2.08. The summed E-state index contributed by atoms with van der Waals surface area (Å²) in [6, 6.07) is 12.9. The zero-order chi connectivity index (χ0) is 17.1. The Balaban J connectivity index is 1.77. The van der Waals surface area contributed by atoms with E-state index in [-0.39, 0.29) is 10.8 Å². The summed E-state index contributed by atoms with van der Waals surface area (Å²) >= 11 is 1.16. The van der Waals surface area contributed by atoms with Gasteiger partial charge in [0.25, 0.3) is 0 Å². The van der Waals surface area contributed by atoms with E-state index in [0.29, 0.717) is 11.4 Å². The molecule has 1 amide bonds. The van der Waals surface area contributed by atoms with Crippen LogP contribution in [0.25, 0.3) is 16.3 Å². The predicted molar refractivity (Wildman–Crippen MR) is 97.7 cm³/mol. The summed E-state index contributed by atoms with van der Waals surface area (Å²) in [6.45, 7) is 0. The quantitative estimate of drug-likeness (QED) is 0.742. The van der Waals surface area contributed by atoms with Gasteiger partial charge in [0.05, 0.1) is 17.3 Å². The molecule has 1 aromatic heterocycles. The largest absolute Gasteiger partial charge is 0.496 e. The molecule has 1 heterocycles. The van der Waals surface area contributed by atoms with Gasteiger partial charge in [-0.15, -0.1) is 0 Å². The Bertz CT molecular complexity index is 985. The number of aryl methyl sites for hydroxylation is 1. The zero-order valence-electron chi connectivity index (χ0n) is 13.3. The molecule has 1 N–H and O–H groups in total. The Morgan fingerprint density at radius 2 is 2.04 bits per heavy atom. The molecule has 24 heavy (non-hydrogen) atoms. The Morgan fingerprint density at radius 3 is 2.83 bits per heavy atom. The van der Waals surface area contributed by atoms with E-state index in [1.807, 2.05) is 30.3 Å². The van der Waals surface area contributed by atoms with Gasteiger partial charge in [-0.05, 0) is 30.3 Å². The minimum Gasteiger partial charge on any atom is -0.496 e. The number of methoxy groups -OCH3 is 1. The summed E-state index contributed by atoms with van der Waals surface area (Å²) in [4.78, 5) is 23.7. The minimum absolute atomic E-state index is 0.0236. The molecule has 3 aromatic rings. The monoisotopic (exact) mass is 340 g/mol. The number of fused-ring (bicyclic) bond motifs is 1. The molecule has 122 valence electrons. The van der Waals surface area contributed by atoms with Crippen LogP contribution in [0.5, 0.6) is 5.75 Å². The number of thiazole rings is 1. The van der Waals surface area contributed by atoms with Crippen LogP contribution in [0.1, 0.15) is 5.56 Å². The van der Waals surface area contributed by atoms with Crippen molar-refractivity contribution in [3.63, 3.8) is 0 Å². The molecule has 0 aliphatic rings. The van der Waals surface area contributed by atoms with Crippen molar-refractivity contribution in [3.05, 3.63) is 63.8 Å². The molecule has 5 nitrogen and oxygen atoms in total. The number of aromatic nitrogens is 1. The third-order valence-electron chi connectivity index (χ3n) is 3.61. The second-order valence-electron chi connectivity index (χ2n) is 5.17. The SMILES string of the molecule is COc1ccccc1/C=C/C(=O)Nc1ccc2c(c1)sc(=O)n2C. The standard InChI is InChI=1S/C18H16N2O3S/c1-20-14-9-8-13(11-16(14)24-18(20)22)19-17(21)10-7-12-5-3-4-6-15(12)23-2/h3-11H,1-2H3,(H,19,21)/b10-7+. The first-order valence-corrected chi connectivity index (χ1v) is 8.12. The van der Waals surface area contributed by atoms with Crippen molar-refractivity contribution in [1.82, 2.24) is 4.57 Å². The lowest BCUT2D eigenvalue weighted by atomic mass is 10.2. The van der Waals surface area contributed by atoms with Gasteiger partial charge in [-0.1, -0.05) is 29.5 Å². The minimum atomic E-state index is -0.247. The Labute approximate surface area is 142 Å². The van der Waals surface area contributed by atoms with Gasteiger partial charge in [-0.3, -0.25) is 9.59 Å². The number of nitrogens with zero attached hydrogens (tertiary/aromatic N) is 1. The second kappa shape index (κ2) is 6.72. The molecule has 0 radical (unpaired) electrons. The van der Waals surface area contributed by atoms with Crippen molar-refractivity contribution < 1.29 is 9.53 Å². The highest BCUT2D eigenvalue weighted by atomic mass is 32.1. The van der Waals surface area contributed by atoms with E-state index in [2.05, 4.69) is 5.32 Å². The van der Waals surface area contributed by atoms with Crippen molar-refractivity contribution in [2.75, 3.05) is 12.4 Å². The Hall–Kier alpha value is -2.86. The van der Waals surface area contributed by atoms with Gasteiger partial charge in [-0.25, -0.2) is 0 Å². The molecule has 0 spiro atoms. The molecule has 0 bridgehead atoms. The summed E-state index contributed by atoms with van der Waals surface area (Å²) in [6.07, 6.45) is 3.16. The first-order valence-electron chi connectivity index (χ1n) is 7.30. The van der Waals surface area contributed by atoms with E-state index in [4.69, 9.17) is 4.74 Å². The number of carbonyl (C=O) groups is 1. The number of amides is 1. The van der Waals surface area contributed by atoms with E-state index >= 15 is 0 Å². The van der Waals surface area contributed by atoms with E-state index in [0.717, 1.165) is 27.1 Å². The van der Waals surface area contributed by atoms with E-state index in [1.165, 1.54) is 6.08 Å². The smallest absolute Gasteiger partial charge is 0.307 e. The average molecular weight is 340 g/mol. The van der Waals surface area contributed by atoms with E-state index in [1.54, 1.807) is 36.9 Å². The number of anilines is 1. The molecule has 0 aliphatic carbocycles. The summed E-state index contributed by atoms with van der Waals surface area (Å²) < 4.78 is 7.68. The van der Waals surface area contributed by atoms with Gasteiger partial charge in [-0.2, -0.15) is 0 Å². The summed E-state index contributed by atoms with van der Waals surface area (Å²) in [5.41, 5.74) is 2.33. The molecular formula is C18H16N2O3S. The maximum Gasteiger partial charge on any atom is 0.307 e. The van der Waals surface area contributed by atoms with Crippen LogP contribution in [0.15, 0.2) is 53.3 Å². The maximum atomic E-state index is 12.1. The van der Waals surface area contributed by atoms with Gasteiger partial charge >= 0.3 is 4.87 Å². The van der Waals surface area contributed by atoms with Crippen LogP contribution in [0.4, 0.5) is 5.69 Å². The van der Waals surface area contributed by atoms with Gasteiger partial charge < -0.3 is 14.6 Å². The number of nitrogens with one attached hydrogen (secondary N) is 1. The van der Waals surface area contributed by atoms with Crippen LogP contribution in [0.2, 0.25) is 0 Å². The summed E-state index contributed by atoms with van der Waals surface area (Å²) in [7, 11) is 3.32. The van der Waals surface area contributed by atoms with E-state index in [9.17, 15) is 9.59 Å². The number of hydrogen-bond donors (Lipinski definition) is 1. The number of carbonyl (C=O) groups excluding carboxylic acids is 1. The van der Waals surface area contributed by atoms with Crippen molar-refractivity contribution in [1.29, 1.82) is 0 Å². The van der Waals surface area contributed by atoms with Gasteiger partial charge in [0, 0.05) is 24.4 Å². The van der Waals surface area contributed by atoms with Gasteiger partial charge in [0.15, 0.2) is 0 Å². The third-order valence-corrected chi connectivity index (χ3v) is 4.61. The lowest BCUT2D eigenvalue weighted by molar-refractivity contribution is -0.111. The van der Waals surface area contributed by atoms with Crippen molar-refractivity contribution >= 4 is 39.2 Å². The summed E-state index contributed by atoms with van der Waals surface area (Å²) in [5.74, 6) is 0.459. The van der Waals surface area contributed by atoms with Gasteiger partial charge in [0.2, 0.25) is 5.91 Å². The van der Waals surface area contributed by atoms with Crippen molar-refractivity contribution in [2.45, 2.75) is 0 Å². The number of benzene rings is 2. The zero-order valence-corrected chi connectivity index (χ0v) is 14.1. The number of rotatable bonds is 4. The molecule has 0 saturated heterocycles. The topological polar surface area (TPSA) is 60.3 Å².